The molecule has 194 valence electrons. The Labute approximate surface area is 225 Å². The van der Waals surface area contributed by atoms with Gasteiger partial charge in [-0.3, -0.25) is 4.79 Å². The number of rotatable bonds is 6. The summed E-state index contributed by atoms with van der Waals surface area (Å²) in [6.07, 6.45) is 3.14. The number of methoxy groups -OCH3 is 1. The molecule has 0 bridgehead atoms. The molecule has 6 rings (SSSR count). The van der Waals surface area contributed by atoms with Gasteiger partial charge in [-0.15, -0.1) is 11.3 Å². The number of esters is 1. The van der Waals surface area contributed by atoms with Crippen molar-refractivity contribution in [2.75, 3.05) is 13.7 Å². The third-order valence-electron chi connectivity index (χ3n) is 7.55. The van der Waals surface area contributed by atoms with Crippen molar-refractivity contribution in [1.29, 1.82) is 0 Å². The lowest BCUT2D eigenvalue weighted by molar-refractivity contribution is -0.141. The number of halogens is 1. The molecule has 2 atom stereocenters. The molecule has 0 saturated heterocycles. The average Bonchev–Trinajstić information content (AvgIpc) is 3.66. The molecule has 4 aromatic rings. The summed E-state index contributed by atoms with van der Waals surface area (Å²) in [6.45, 7) is 4.64. The highest BCUT2D eigenvalue weighted by Gasteiger charge is 2.32. The molecule has 1 aliphatic heterocycles. The molecule has 0 N–H and O–H groups in total. The number of thiazole rings is 1. The zero-order valence-corrected chi connectivity index (χ0v) is 22.4. The van der Waals surface area contributed by atoms with Gasteiger partial charge in [-0.25, -0.2) is 9.37 Å². The fraction of sp³-hybridized carbons (Fsp3) is 0.290. The van der Waals surface area contributed by atoms with E-state index in [1.807, 2.05) is 35.8 Å². The summed E-state index contributed by atoms with van der Waals surface area (Å²) >= 11 is 1.62. The van der Waals surface area contributed by atoms with E-state index in [1.165, 1.54) is 7.11 Å². The quantitative estimate of drug-likeness (QED) is 0.245. The SMILES string of the molecule is COC(=O)CC1COc2cc(OC3CCc4c(-c5c(C)cc(-c6nccs6)cc5C)ccc(F)c43)ccc21. The zero-order chi connectivity index (χ0) is 26.4. The van der Waals surface area contributed by atoms with Gasteiger partial charge < -0.3 is 14.2 Å². The van der Waals surface area contributed by atoms with Gasteiger partial charge in [-0.05, 0) is 78.8 Å². The lowest BCUT2D eigenvalue weighted by Gasteiger charge is -2.19. The molecule has 1 aliphatic carbocycles. The second-order valence-electron chi connectivity index (χ2n) is 9.94. The Morgan fingerprint density at radius 3 is 2.71 bits per heavy atom. The molecule has 2 unspecified atom stereocenters. The lowest BCUT2D eigenvalue weighted by atomic mass is 9.89. The van der Waals surface area contributed by atoms with Crippen molar-refractivity contribution in [1.82, 2.24) is 4.98 Å². The minimum atomic E-state index is -0.384. The first-order valence-corrected chi connectivity index (χ1v) is 13.6. The maximum Gasteiger partial charge on any atom is 0.306 e. The molecule has 2 heterocycles. The first-order valence-electron chi connectivity index (χ1n) is 12.8. The average molecular weight is 530 g/mol. The summed E-state index contributed by atoms with van der Waals surface area (Å²) < 4.78 is 32.2. The standard InChI is InChI=1S/C31H28FNO4S/c1-17-12-19(31-33-10-11-38-31)13-18(2)29(17)23-6-8-25(32)30-24(23)7-9-26(30)37-21-4-5-22-20(14-28(34)35-3)16-36-27(22)15-21/h4-6,8,10-13,15,20,26H,7,9,14,16H2,1-3H3. The van der Waals surface area contributed by atoms with Crippen molar-refractivity contribution >= 4 is 17.3 Å². The predicted molar refractivity (Wildman–Crippen MR) is 145 cm³/mol. The highest BCUT2D eigenvalue weighted by molar-refractivity contribution is 7.13. The van der Waals surface area contributed by atoms with E-state index in [4.69, 9.17) is 14.2 Å². The van der Waals surface area contributed by atoms with E-state index in [-0.39, 0.29) is 30.2 Å². The van der Waals surface area contributed by atoms with Crippen LogP contribution in [0.5, 0.6) is 11.5 Å². The molecule has 7 heteroatoms. The number of benzene rings is 3. The Balaban J connectivity index is 1.29. The maximum atomic E-state index is 15.3. The van der Waals surface area contributed by atoms with Gasteiger partial charge in [0.15, 0.2) is 0 Å². The van der Waals surface area contributed by atoms with Gasteiger partial charge in [-0.1, -0.05) is 12.1 Å². The number of fused-ring (bicyclic) bond motifs is 2. The Bertz CT molecular complexity index is 1510. The van der Waals surface area contributed by atoms with Crippen LogP contribution in [0.15, 0.2) is 54.0 Å². The van der Waals surface area contributed by atoms with Crippen LogP contribution in [0.25, 0.3) is 21.7 Å². The van der Waals surface area contributed by atoms with E-state index >= 15 is 4.39 Å². The molecule has 3 aromatic carbocycles. The van der Waals surface area contributed by atoms with Gasteiger partial charge >= 0.3 is 5.97 Å². The first-order chi connectivity index (χ1) is 18.4. The van der Waals surface area contributed by atoms with Crippen LogP contribution >= 0.6 is 11.3 Å². The van der Waals surface area contributed by atoms with Gasteiger partial charge in [0.2, 0.25) is 0 Å². The second kappa shape index (κ2) is 9.87. The van der Waals surface area contributed by atoms with Crippen LogP contribution < -0.4 is 9.47 Å². The summed E-state index contributed by atoms with van der Waals surface area (Å²) in [5.41, 5.74) is 8.22. The minimum Gasteiger partial charge on any atom is -0.492 e. The molecule has 1 aromatic heterocycles. The smallest absolute Gasteiger partial charge is 0.306 e. The van der Waals surface area contributed by atoms with E-state index < -0.39 is 0 Å². The van der Waals surface area contributed by atoms with Crippen LogP contribution in [-0.4, -0.2) is 24.7 Å². The van der Waals surface area contributed by atoms with Crippen LogP contribution in [-0.2, 0) is 16.0 Å². The fourth-order valence-electron chi connectivity index (χ4n) is 5.85. The number of aryl methyl sites for hydroxylation is 2. The van der Waals surface area contributed by atoms with Crippen LogP contribution in [0.1, 0.15) is 52.7 Å². The second-order valence-corrected chi connectivity index (χ2v) is 10.8. The monoisotopic (exact) mass is 529 g/mol. The van der Waals surface area contributed by atoms with Crippen molar-refractivity contribution in [2.24, 2.45) is 0 Å². The third kappa shape index (κ3) is 4.35. The van der Waals surface area contributed by atoms with Crippen molar-refractivity contribution in [3.63, 3.8) is 0 Å². The van der Waals surface area contributed by atoms with E-state index in [9.17, 15) is 4.79 Å². The topological polar surface area (TPSA) is 57.7 Å². The number of nitrogens with zero attached hydrogens (tertiary/aromatic N) is 1. The van der Waals surface area contributed by atoms with Crippen LogP contribution in [0.4, 0.5) is 4.39 Å². The highest BCUT2D eigenvalue weighted by Crippen LogP contribution is 2.45. The van der Waals surface area contributed by atoms with Crippen molar-refractivity contribution in [3.05, 3.63) is 87.7 Å². The molecule has 38 heavy (non-hydrogen) atoms. The van der Waals surface area contributed by atoms with Crippen molar-refractivity contribution in [2.45, 2.75) is 45.1 Å². The highest BCUT2D eigenvalue weighted by atomic mass is 32.1. The molecule has 0 fully saturated rings. The lowest BCUT2D eigenvalue weighted by Crippen LogP contribution is -2.09. The Kier molecular flexibility index (Phi) is 6.40. The summed E-state index contributed by atoms with van der Waals surface area (Å²) in [5.74, 6) is 0.799. The summed E-state index contributed by atoms with van der Waals surface area (Å²) in [5, 5.41) is 2.98. The minimum absolute atomic E-state index is 0.0350. The zero-order valence-electron chi connectivity index (χ0n) is 21.5. The molecule has 0 spiro atoms. The van der Waals surface area contributed by atoms with E-state index in [0.29, 0.717) is 30.1 Å². The molecule has 2 aliphatic rings. The molecular formula is C31H28FNO4S. The van der Waals surface area contributed by atoms with Crippen molar-refractivity contribution in [3.8, 4) is 33.2 Å². The van der Waals surface area contributed by atoms with Gasteiger partial charge in [0.1, 0.15) is 28.4 Å². The van der Waals surface area contributed by atoms with Gasteiger partial charge in [-0.2, -0.15) is 0 Å². The van der Waals surface area contributed by atoms with Crippen LogP contribution in [0.3, 0.4) is 0 Å². The number of carbonyl (C=O) groups excluding carboxylic acids is 1. The summed E-state index contributed by atoms with van der Waals surface area (Å²) in [4.78, 5) is 16.2. The van der Waals surface area contributed by atoms with Gasteiger partial charge in [0.05, 0.1) is 20.1 Å². The summed E-state index contributed by atoms with van der Waals surface area (Å²) in [7, 11) is 1.39. The van der Waals surface area contributed by atoms with E-state index in [1.54, 1.807) is 17.4 Å². The third-order valence-corrected chi connectivity index (χ3v) is 8.37. The number of carbonyl (C=O) groups is 1. The molecular weight excluding hydrogens is 501 g/mol. The summed E-state index contributed by atoms with van der Waals surface area (Å²) in [6, 6.07) is 13.5. The first kappa shape index (κ1) is 24.6. The maximum absolute atomic E-state index is 15.3. The Morgan fingerprint density at radius 2 is 1.97 bits per heavy atom. The molecule has 5 nitrogen and oxygen atoms in total. The number of ether oxygens (including phenoxy) is 3. The van der Waals surface area contributed by atoms with E-state index in [2.05, 4.69) is 31.0 Å². The van der Waals surface area contributed by atoms with E-state index in [0.717, 1.165) is 50.4 Å². The Morgan fingerprint density at radius 1 is 1.16 bits per heavy atom. The van der Waals surface area contributed by atoms with Crippen LogP contribution in [0.2, 0.25) is 0 Å². The number of hydrogen-bond acceptors (Lipinski definition) is 6. The van der Waals surface area contributed by atoms with Crippen LogP contribution in [0, 0.1) is 19.7 Å². The number of hydrogen-bond donors (Lipinski definition) is 0. The predicted octanol–water partition coefficient (Wildman–Crippen LogP) is 7.34. The molecule has 0 amide bonds. The largest absolute Gasteiger partial charge is 0.492 e. The molecule has 0 saturated carbocycles. The Hall–Kier alpha value is -3.71. The molecule has 0 radical (unpaired) electrons. The normalized spacial score (nSPS) is 17.6. The van der Waals surface area contributed by atoms with Gasteiger partial charge in [0.25, 0.3) is 0 Å². The van der Waals surface area contributed by atoms with Gasteiger partial charge in [0, 0.05) is 40.3 Å². The number of aromatic nitrogens is 1. The van der Waals surface area contributed by atoms with Crippen molar-refractivity contribution < 1.29 is 23.4 Å². The fourth-order valence-corrected chi connectivity index (χ4v) is 6.48.